The van der Waals surface area contributed by atoms with Crippen LogP contribution in [0.25, 0.3) is 10.9 Å². The molecule has 1 aliphatic heterocycles. The zero-order valence-corrected chi connectivity index (χ0v) is 21.4. The molecule has 1 fully saturated rings. The van der Waals surface area contributed by atoms with Gasteiger partial charge in [-0.1, -0.05) is 30.7 Å². The molecule has 1 saturated heterocycles. The first kappa shape index (κ1) is 27.3. The van der Waals surface area contributed by atoms with Gasteiger partial charge in [0.15, 0.2) is 0 Å². The lowest BCUT2D eigenvalue weighted by Crippen LogP contribution is -2.36. The summed E-state index contributed by atoms with van der Waals surface area (Å²) in [7, 11) is 3.66. The van der Waals surface area contributed by atoms with Crippen LogP contribution >= 0.6 is 0 Å². The summed E-state index contributed by atoms with van der Waals surface area (Å²) in [5.41, 5.74) is 3.47. The van der Waals surface area contributed by atoms with Crippen LogP contribution in [0.4, 0.5) is 18.9 Å². The Hall–Kier alpha value is -3.31. The Kier molecular flexibility index (Phi) is 9.16. The normalized spacial score (nSPS) is 16.0. The van der Waals surface area contributed by atoms with Gasteiger partial charge in [-0.2, -0.15) is 13.2 Å². The summed E-state index contributed by atoms with van der Waals surface area (Å²) in [5.74, 6) is 6.53. The molecular formula is C28H35F3N4O. The van der Waals surface area contributed by atoms with Crippen LogP contribution in [0.5, 0.6) is 0 Å². The lowest BCUT2D eigenvalue weighted by molar-refractivity contribution is -0.140. The molecule has 0 aliphatic carbocycles. The summed E-state index contributed by atoms with van der Waals surface area (Å²) in [6.45, 7) is 8.64. The van der Waals surface area contributed by atoms with Crippen molar-refractivity contribution in [2.75, 3.05) is 39.1 Å². The Morgan fingerprint density at radius 1 is 1.28 bits per heavy atom. The third-order valence-corrected chi connectivity index (χ3v) is 6.32. The molecule has 1 aliphatic rings. The van der Waals surface area contributed by atoms with E-state index in [-0.39, 0.29) is 12.6 Å². The minimum Gasteiger partial charge on any atom is -0.495 e. The van der Waals surface area contributed by atoms with Crippen molar-refractivity contribution in [3.63, 3.8) is 0 Å². The van der Waals surface area contributed by atoms with Gasteiger partial charge in [0.2, 0.25) is 0 Å². The second-order valence-corrected chi connectivity index (χ2v) is 8.97. The van der Waals surface area contributed by atoms with Crippen LogP contribution in [0.1, 0.15) is 31.0 Å². The predicted molar refractivity (Wildman–Crippen MR) is 141 cm³/mol. The Bertz CT molecular complexity index is 1190. The second-order valence-electron chi connectivity index (χ2n) is 8.97. The zero-order valence-electron chi connectivity index (χ0n) is 21.4. The lowest BCUT2D eigenvalue weighted by atomic mass is 10.0. The van der Waals surface area contributed by atoms with E-state index in [4.69, 9.17) is 4.74 Å². The van der Waals surface area contributed by atoms with E-state index >= 15 is 0 Å². The van der Waals surface area contributed by atoms with Crippen molar-refractivity contribution in [3.05, 3.63) is 65.7 Å². The van der Waals surface area contributed by atoms with Gasteiger partial charge in [-0.3, -0.25) is 0 Å². The Morgan fingerprint density at radius 3 is 2.61 bits per heavy atom. The van der Waals surface area contributed by atoms with Crippen molar-refractivity contribution in [2.45, 2.75) is 45.5 Å². The summed E-state index contributed by atoms with van der Waals surface area (Å²) in [6.07, 6.45) is 2.79. The molecule has 3 rings (SSSR count). The fourth-order valence-corrected chi connectivity index (χ4v) is 4.43. The van der Waals surface area contributed by atoms with Crippen molar-refractivity contribution < 1.29 is 17.9 Å². The molecule has 1 aromatic heterocycles. The number of nitrogens with zero attached hydrogens (tertiary/aromatic N) is 2. The molecule has 0 atom stereocenters. The van der Waals surface area contributed by atoms with E-state index in [9.17, 15) is 13.2 Å². The number of alkyl halides is 3. The average molecular weight is 501 g/mol. The molecule has 0 amide bonds. The summed E-state index contributed by atoms with van der Waals surface area (Å²) in [6, 6.07) is 5.69. The average Bonchev–Trinajstić information content (AvgIpc) is 3.17. The maximum absolute atomic E-state index is 13.5. The monoisotopic (exact) mass is 500 g/mol. The number of halogens is 3. The van der Waals surface area contributed by atoms with Crippen molar-refractivity contribution >= 4 is 16.6 Å². The molecule has 2 heterocycles. The van der Waals surface area contributed by atoms with Crippen LogP contribution in [0, 0.1) is 18.8 Å². The molecule has 1 aromatic carbocycles. The number of aryl methyl sites for hydroxylation is 1. The number of benzene rings is 1. The van der Waals surface area contributed by atoms with Crippen molar-refractivity contribution in [2.24, 2.45) is 0 Å². The Labute approximate surface area is 211 Å². The highest BCUT2D eigenvalue weighted by Gasteiger charge is 2.30. The van der Waals surface area contributed by atoms with E-state index in [0.717, 1.165) is 48.3 Å². The molecule has 0 unspecified atom stereocenters. The molecule has 2 N–H and O–H groups in total. The van der Waals surface area contributed by atoms with E-state index in [1.807, 2.05) is 26.0 Å². The predicted octanol–water partition coefficient (Wildman–Crippen LogP) is 5.58. The smallest absolute Gasteiger partial charge is 0.406 e. The SMILES string of the molecule is C=C/C=C(OC)\C(=C/C)NCC#Cc1cc2c(NC3CCN(C)CC3)c(C)ccc2n1CC(F)(F)F. The Balaban J connectivity index is 1.93. The molecule has 8 heteroatoms. The molecule has 0 saturated carbocycles. The molecule has 5 nitrogen and oxygen atoms in total. The van der Waals surface area contributed by atoms with Gasteiger partial charge in [-0.25, -0.2) is 0 Å². The van der Waals surface area contributed by atoms with Crippen LogP contribution < -0.4 is 10.6 Å². The highest BCUT2D eigenvalue weighted by atomic mass is 19.4. The third kappa shape index (κ3) is 6.88. The van der Waals surface area contributed by atoms with E-state index in [1.54, 1.807) is 31.4 Å². The van der Waals surface area contributed by atoms with Gasteiger partial charge >= 0.3 is 6.18 Å². The van der Waals surface area contributed by atoms with Crippen LogP contribution in [-0.2, 0) is 11.3 Å². The lowest BCUT2D eigenvalue weighted by Gasteiger charge is -2.30. The number of hydrogen-bond donors (Lipinski definition) is 2. The number of nitrogens with one attached hydrogen (secondary N) is 2. The summed E-state index contributed by atoms with van der Waals surface area (Å²) in [5, 5.41) is 7.54. The van der Waals surface area contributed by atoms with Gasteiger partial charge in [0.1, 0.15) is 12.3 Å². The van der Waals surface area contributed by atoms with Gasteiger partial charge in [-0.15, -0.1) is 0 Å². The number of aromatic nitrogens is 1. The fraction of sp³-hybridized carbons (Fsp3) is 0.429. The van der Waals surface area contributed by atoms with Gasteiger partial charge in [0.05, 0.1) is 30.6 Å². The topological polar surface area (TPSA) is 41.5 Å². The van der Waals surface area contributed by atoms with Crippen molar-refractivity contribution in [1.29, 1.82) is 0 Å². The highest BCUT2D eigenvalue weighted by molar-refractivity contribution is 5.95. The summed E-state index contributed by atoms with van der Waals surface area (Å²) in [4.78, 5) is 2.29. The number of fused-ring (bicyclic) bond motifs is 1. The number of anilines is 1. The molecule has 0 bridgehead atoms. The van der Waals surface area contributed by atoms with Crippen LogP contribution in [-0.4, -0.2) is 55.5 Å². The number of likely N-dealkylation sites (tertiary alicyclic amines) is 1. The zero-order chi connectivity index (χ0) is 26.3. The molecule has 2 aromatic rings. The van der Waals surface area contributed by atoms with E-state index in [2.05, 4.69) is 41.0 Å². The number of methoxy groups -OCH3 is 1. The standard InChI is InChI=1S/C28H35F3N4O/c1-6-9-26(36-5)24(7-2)32-15-8-10-22-18-23-25(35(22)19-28(29,30)31)12-11-20(3)27(23)33-21-13-16-34(4)17-14-21/h6-7,9,11-12,18,21,32-33H,1,13-17,19H2,2-5H3/b24-7+,26-9+. The first-order valence-corrected chi connectivity index (χ1v) is 12.1. The van der Waals surface area contributed by atoms with E-state index in [1.165, 1.54) is 4.57 Å². The summed E-state index contributed by atoms with van der Waals surface area (Å²) >= 11 is 0. The van der Waals surface area contributed by atoms with Crippen molar-refractivity contribution in [3.8, 4) is 11.8 Å². The highest BCUT2D eigenvalue weighted by Crippen LogP contribution is 2.33. The first-order valence-electron chi connectivity index (χ1n) is 12.1. The minimum absolute atomic E-state index is 0.241. The van der Waals surface area contributed by atoms with Crippen molar-refractivity contribution in [1.82, 2.24) is 14.8 Å². The first-order chi connectivity index (χ1) is 17.2. The molecule has 0 radical (unpaired) electrons. The minimum atomic E-state index is -4.37. The molecule has 194 valence electrons. The number of allylic oxidation sites excluding steroid dienone is 3. The van der Waals surface area contributed by atoms with Gasteiger partial charge in [0.25, 0.3) is 0 Å². The largest absolute Gasteiger partial charge is 0.495 e. The number of rotatable bonds is 8. The number of hydrogen-bond acceptors (Lipinski definition) is 4. The van der Waals surface area contributed by atoms with Crippen LogP contribution in [0.3, 0.4) is 0 Å². The van der Waals surface area contributed by atoms with Crippen LogP contribution in [0.2, 0.25) is 0 Å². The fourth-order valence-electron chi connectivity index (χ4n) is 4.43. The molecule has 36 heavy (non-hydrogen) atoms. The van der Waals surface area contributed by atoms with Gasteiger partial charge < -0.3 is 24.8 Å². The van der Waals surface area contributed by atoms with Gasteiger partial charge in [0, 0.05) is 17.1 Å². The van der Waals surface area contributed by atoms with Crippen LogP contribution in [0.15, 0.2) is 54.5 Å². The second kappa shape index (κ2) is 12.1. The molecular weight excluding hydrogens is 465 g/mol. The maximum atomic E-state index is 13.5. The quantitative estimate of drug-likeness (QED) is 0.282. The van der Waals surface area contributed by atoms with Gasteiger partial charge in [-0.05, 0) is 76.5 Å². The third-order valence-electron chi connectivity index (χ3n) is 6.32. The van der Waals surface area contributed by atoms with E-state index < -0.39 is 12.7 Å². The number of piperidine rings is 1. The van der Waals surface area contributed by atoms with E-state index in [0.29, 0.717) is 17.0 Å². The Morgan fingerprint density at radius 2 is 2.00 bits per heavy atom. The maximum Gasteiger partial charge on any atom is 0.406 e. The molecule has 0 spiro atoms. The summed E-state index contributed by atoms with van der Waals surface area (Å²) < 4.78 is 47.2. The number of ether oxygens (including phenoxy) is 1.